The number of carbonyl (C=O) groups is 2. The third-order valence-electron chi connectivity index (χ3n) is 3.81. The Morgan fingerprint density at radius 3 is 2.46 bits per heavy atom. The van der Waals surface area contributed by atoms with Gasteiger partial charge in [-0.3, -0.25) is 9.59 Å². The Hall–Kier alpha value is -2.12. The van der Waals surface area contributed by atoms with Crippen LogP contribution in [0, 0.1) is 0 Å². The van der Waals surface area contributed by atoms with Gasteiger partial charge in [0.15, 0.2) is 6.61 Å². The molecular weight excluding hydrogens is 368 g/mol. The maximum absolute atomic E-state index is 12.2. The lowest BCUT2D eigenvalue weighted by Crippen LogP contribution is -2.21. The fraction of sp³-hybridized carbons (Fsp3) is 0.263. The Balaban J connectivity index is 1.57. The minimum absolute atomic E-state index is 0.0593. The van der Waals surface area contributed by atoms with Gasteiger partial charge in [-0.15, -0.1) is 23.5 Å². The average molecular weight is 389 g/mol. The van der Waals surface area contributed by atoms with E-state index in [9.17, 15) is 9.59 Å². The molecule has 0 atom stereocenters. The van der Waals surface area contributed by atoms with Crippen LogP contribution in [-0.2, 0) is 4.79 Å². The number of hydrogen-bond acceptors (Lipinski definition) is 5. The second-order valence-electron chi connectivity index (χ2n) is 5.60. The lowest BCUT2D eigenvalue weighted by Gasteiger charge is -2.15. The minimum Gasteiger partial charge on any atom is -0.483 e. The first-order valence-electron chi connectivity index (χ1n) is 8.24. The molecule has 2 amide bonds. The summed E-state index contributed by atoms with van der Waals surface area (Å²) in [7, 11) is 1.58. The molecule has 0 unspecified atom stereocenters. The van der Waals surface area contributed by atoms with Crippen molar-refractivity contribution in [3.8, 4) is 5.75 Å². The maximum atomic E-state index is 12.2. The molecule has 0 radical (unpaired) electrons. The van der Waals surface area contributed by atoms with Gasteiger partial charge in [-0.05, 0) is 30.3 Å². The Bertz CT molecular complexity index is 775. The Kier molecular flexibility index (Phi) is 6.46. The maximum Gasteiger partial charge on any atom is 0.262 e. The molecule has 7 heteroatoms. The van der Waals surface area contributed by atoms with Gasteiger partial charge in [-0.1, -0.05) is 18.2 Å². The Labute approximate surface area is 161 Å². The molecule has 0 saturated carbocycles. The molecule has 0 aromatic heterocycles. The van der Waals surface area contributed by atoms with Crippen molar-refractivity contribution in [1.29, 1.82) is 0 Å². The molecule has 1 saturated heterocycles. The number of amides is 2. The molecular formula is C19H20N2O3S2. The number of thioether (sulfide) groups is 2. The Morgan fingerprint density at radius 1 is 1.08 bits per heavy atom. The largest absolute Gasteiger partial charge is 0.483 e. The highest BCUT2D eigenvalue weighted by molar-refractivity contribution is 8.19. The van der Waals surface area contributed by atoms with Gasteiger partial charge in [0, 0.05) is 35.4 Å². The molecule has 1 heterocycles. The predicted octanol–water partition coefficient (Wildman–Crippen LogP) is 3.54. The SMILES string of the molecule is CNC(=O)c1ccc(NC(=O)COc2ccccc2C2SCCS2)cc1. The quantitative estimate of drug-likeness (QED) is 0.792. The topological polar surface area (TPSA) is 67.4 Å². The van der Waals surface area contributed by atoms with E-state index in [1.165, 1.54) is 0 Å². The van der Waals surface area contributed by atoms with Crippen molar-refractivity contribution in [1.82, 2.24) is 5.32 Å². The fourth-order valence-electron chi connectivity index (χ4n) is 2.53. The molecule has 0 aliphatic carbocycles. The van der Waals surface area contributed by atoms with Crippen LogP contribution in [0.3, 0.4) is 0 Å². The molecule has 2 N–H and O–H groups in total. The first kappa shape index (κ1) is 18.7. The molecule has 5 nitrogen and oxygen atoms in total. The zero-order chi connectivity index (χ0) is 18.4. The van der Waals surface area contributed by atoms with Crippen LogP contribution in [0.2, 0.25) is 0 Å². The number of para-hydroxylation sites is 1. The van der Waals surface area contributed by atoms with Gasteiger partial charge in [0.2, 0.25) is 0 Å². The van der Waals surface area contributed by atoms with Crippen molar-refractivity contribution in [3.05, 3.63) is 59.7 Å². The molecule has 1 aliphatic heterocycles. The summed E-state index contributed by atoms with van der Waals surface area (Å²) >= 11 is 3.80. The lowest BCUT2D eigenvalue weighted by atomic mass is 10.2. The number of carbonyl (C=O) groups excluding carboxylic acids is 2. The first-order chi connectivity index (χ1) is 12.7. The third kappa shape index (κ3) is 4.74. The summed E-state index contributed by atoms with van der Waals surface area (Å²) in [6, 6.07) is 14.6. The van der Waals surface area contributed by atoms with E-state index in [2.05, 4.69) is 16.7 Å². The van der Waals surface area contributed by atoms with Crippen LogP contribution >= 0.6 is 23.5 Å². The summed E-state index contributed by atoms with van der Waals surface area (Å²) in [5, 5.41) is 5.34. The summed E-state index contributed by atoms with van der Waals surface area (Å²) in [6.45, 7) is -0.0593. The number of hydrogen-bond donors (Lipinski definition) is 2. The normalized spacial score (nSPS) is 14.0. The minimum atomic E-state index is -0.237. The second-order valence-corrected chi connectivity index (χ2v) is 8.33. The Morgan fingerprint density at radius 2 is 1.77 bits per heavy atom. The molecule has 136 valence electrons. The van der Waals surface area contributed by atoms with E-state index in [-0.39, 0.29) is 18.4 Å². The van der Waals surface area contributed by atoms with Crippen molar-refractivity contribution in [2.24, 2.45) is 0 Å². The fourth-order valence-corrected chi connectivity index (χ4v) is 5.44. The van der Waals surface area contributed by atoms with E-state index in [1.54, 1.807) is 31.3 Å². The highest BCUT2D eigenvalue weighted by atomic mass is 32.2. The van der Waals surface area contributed by atoms with E-state index >= 15 is 0 Å². The molecule has 3 rings (SSSR count). The number of anilines is 1. The van der Waals surface area contributed by atoms with Crippen LogP contribution in [0.15, 0.2) is 48.5 Å². The van der Waals surface area contributed by atoms with Gasteiger partial charge >= 0.3 is 0 Å². The van der Waals surface area contributed by atoms with Crippen LogP contribution in [0.5, 0.6) is 5.75 Å². The average Bonchev–Trinajstić information content (AvgIpc) is 3.21. The summed E-state index contributed by atoms with van der Waals surface area (Å²) in [5.41, 5.74) is 2.30. The highest BCUT2D eigenvalue weighted by Crippen LogP contribution is 2.48. The summed E-state index contributed by atoms with van der Waals surface area (Å²) in [4.78, 5) is 23.7. The summed E-state index contributed by atoms with van der Waals surface area (Å²) in [5.74, 6) is 2.63. The number of rotatable bonds is 6. The van der Waals surface area contributed by atoms with Crippen molar-refractivity contribution < 1.29 is 14.3 Å². The van der Waals surface area contributed by atoms with Gasteiger partial charge in [0.25, 0.3) is 11.8 Å². The second kappa shape index (κ2) is 9.00. The van der Waals surface area contributed by atoms with Crippen LogP contribution in [-0.4, -0.2) is 37.0 Å². The summed E-state index contributed by atoms with van der Waals surface area (Å²) < 4.78 is 6.13. The van der Waals surface area contributed by atoms with E-state index in [1.807, 2.05) is 41.7 Å². The van der Waals surface area contributed by atoms with Gasteiger partial charge in [-0.25, -0.2) is 0 Å². The number of ether oxygens (including phenoxy) is 1. The first-order valence-corrected chi connectivity index (χ1v) is 10.3. The smallest absolute Gasteiger partial charge is 0.262 e. The molecule has 0 spiro atoms. The molecule has 1 aliphatic rings. The van der Waals surface area contributed by atoms with E-state index in [0.29, 0.717) is 15.8 Å². The van der Waals surface area contributed by atoms with Crippen molar-refractivity contribution in [3.63, 3.8) is 0 Å². The lowest BCUT2D eigenvalue weighted by molar-refractivity contribution is -0.118. The van der Waals surface area contributed by atoms with Crippen LogP contribution in [0.4, 0.5) is 5.69 Å². The molecule has 1 fully saturated rings. The summed E-state index contributed by atoms with van der Waals surface area (Å²) in [6.07, 6.45) is 0. The van der Waals surface area contributed by atoms with Crippen LogP contribution < -0.4 is 15.4 Å². The van der Waals surface area contributed by atoms with Gasteiger partial charge in [-0.2, -0.15) is 0 Å². The van der Waals surface area contributed by atoms with E-state index in [0.717, 1.165) is 22.8 Å². The van der Waals surface area contributed by atoms with Gasteiger partial charge in [0.1, 0.15) is 5.75 Å². The standard InChI is InChI=1S/C19H20N2O3S2/c1-20-18(23)13-6-8-14(9-7-13)21-17(22)12-24-16-5-3-2-4-15(16)19-25-10-11-26-19/h2-9,19H,10-12H2,1H3,(H,20,23)(H,21,22). The zero-order valence-electron chi connectivity index (χ0n) is 14.4. The highest BCUT2D eigenvalue weighted by Gasteiger charge is 2.21. The molecule has 2 aromatic rings. The monoisotopic (exact) mass is 388 g/mol. The van der Waals surface area contributed by atoms with Crippen molar-refractivity contribution >= 4 is 41.0 Å². The number of benzene rings is 2. The molecule has 2 aromatic carbocycles. The van der Waals surface area contributed by atoms with Crippen molar-refractivity contribution in [2.75, 3.05) is 30.5 Å². The molecule has 0 bridgehead atoms. The third-order valence-corrected chi connectivity index (χ3v) is 6.88. The van der Waals surface area contributed by atoms with Crippen LogP contribution in [0.1, 0.15) is 20.5 Å². The molecule has 26 heavy (non-hydrogen) atoms. The zero-order valence-corrected chi connectivity index (χ0v) is 16.0. The van der Waals surface area contributed by atoms with Gasteiger partial charge in [0.05, 0.1) is 4.58 Å². The van der Waals surface area contributed by atoms with E-state index < -0.39 is 0 Å². The van der Waals surface area contributed by atoms with Crippen LogP contribution in [0.25, 0.3) is 0 Å². The van der Waals surface area contributed by atoms with Gasteiger partial charge < -0.3 is 15.4 Å². The predicted molar refractivity (Wildman–Crippen MR) is 108 cm³/mol. The van der Waals surface area contributed by atoms with Crippen molar-refractivity contribution in [2.45, 2.75) is 4.58 Å². The number of nitrogens with one attached hydrogen (secondary N) is 2. The van der Waals surface area contributed by atoms with E-state index in [4.69, 9.17) is 4.74 Å².